The fourth-order valence-electron chi connectivity index (χ4n) is 2.32. The van der Waals surface area contributed by atoms with E-state index < -0.39 is 0 Å². The molecule has 0 amide bonds. The fourth-order valence-corrected chi connectivity index (χ4v) is 2.49. The molecule has 1 aliphatic heterocycles. The summed E-state index contributed by atoms with van der Waals surface area (Å²) in [7, 11) is 0. The number of fused-ring (bicyclic) bond motifs is 3. The molecule has 0 unspecified atom stereocenters. The molecule has 15 heavy (non-hydrogen) atoms. The summed E-state index contributed by atoms with van der Waals surface area (Å²) < 4.78 is 0. The van der Waals surface area contributed by atoms with Gasteiger partial charge in [0, 0.05) is 28.2 Å². The maximum atomic E-state index is 6.03. The molecule has 2 N–H and O–H groups in total. The predicted molar refractivity (Wildman–Crippen MR) is 63.3 cm³/mol. The van der Waals surface area contributed by atoms with Crippen LogP contribution in [0.25, 0.3) is 10.9 Å². The van der Waals surface area contributed by atoms with E-state index in [4.69, 9.17) is 11.6 Å². The van der Waals surface area contributed by atoms with E-state index in [1.807, 2.05) is 6.07 Å². The van der Waals surface area contributed by atoms with Crippen LogP contribution in [0.1, 0.15) is 17.7 Å². The lowest BCUT2D eigenvalue weighted by molar-refractivity contribution is 0.675. The summed E-state index contributed by atoms with van der Waals surface area (Å²) in [5.41, 5.74) is 3.97. The van der Waals surface area contributed by atoms with E-state index in [9.17, 15) is 0 Å². The van der Waals surface area contributed by atoms with Crippen molar-refractivity contribution in [3.05, 3.63) is 34.5 Å². The summed E-state index contributed by atoms with van der Waals surface area (Å²) in [6.45, 7) is 2.05. The predicted octanol–water partition coefficient (Wildman–Crippen LogP) is 2.86. The summed E-state index contributed by atoms with van der Waals surface area (Å²) in [5.74, 6) is 0. The first-order valence-electron chi connectivity index (χ1n) is 5.34. The largest absolute Gasteiger partial charge is 0.357 e. The number of aryl methyl sites for hydroxylation is 1. The second-order valence-electron chi connectivity index (χ2n) is 4.05. The molecule has 0 spiro atoms. The Bertz CT molecular complexity index is 502. The molecule has 2 aromatic rings. The van der Waals surface area contributed by atoms with Crippen molar-refractivity contribution in [1.82, 2.24) is 10.3 Å². The number of hydrogen-bond donors (Lipinski definition) is 2. The van der Waals surface area contributed by atoms with Gasteiger partial charge in [0.25, 0.3) is 0 Å². The maximum Gasteiger partial charge on any atom is 0.0460 e. The van der Waals surface area contributed by atoms with Crippen LogP contribution in [-0.4, -0.2) is 11.5 Å². The van der Waals surface area contributed by atoms with Crippen LogP contribution in [0.15, 0.2) is 18.2 Å². The van der Waals surface area contributed by atoms with Crippen LogP contribution < -0.4 is 5.32 Å². The van der Waals surface area contributed by atoms with Crippen molar-refractivity contribution in [2.75, 3.05) is 6.54 Å². The van der Waals surface area contributed by atoms with Crippen LogP contribution in [0.2, 0.25) is 5.02 Å². The van der Waals surface area contributed by atoms with Gasteiger partial charge in [0.2, 0.25) is 0 Å². The Morgan fingerprint density at radius 2 is 2.20 bits per heavy atom. The van der Waals surface area contributed by atoms with E-state index in [0.717, 1.165) is 24.5 Å². The lowest BCUT2D eigenvalue weighted by Crippen LogP contribution is -2.12. The van der Waals surface area contributed by atoms with E-state index in [2.05, 4.69) is 22.4 Å². The highest BCUT2D eigenvalue weighted by atomic mass is 35.5. The van der Waals surface area contributed by atoms with Gasteiger partial charge in [0.05, 0.1) is 0 Å². The number of halogens is 1. The van der Waals surface area contributed by atoms with Gasteiger partial charge in [-0.05, 0) is 43.1 Å². The fraction of sp³-hybridized carbons (Fsp3) is 0.333. The lowest BCUT2D eigenvalue weighted by atomic mass is 10.1. The average Bonchev–Trinajstić information content (AvgIpc) is 2.44. The van der Waals surface area contributed by atoms with E-state index >= 15 is 0 Å². The third kappa shape index (κ3) is 1.54. The number of benzene rings is 1. The topological polar surface area (TPSA) is 27.8 Å². The third-order valence-electron chi connectivity index (χ3n) is 3.04. The van der Waals surface area contributed by atoms with Crippen LogP contribution in [0.4, 0.5) is 0 Å². The zero-order valence-corrected chi connectivity index (χ0v) is 9.19. The summed E-state index contributed by atoms with van der Waals surface area (Å²) in [6.07, 6.45) is 2.34. The highest BCUT2D eigenvalue weighted by Crippen LogP contribution is 2.27. The molecule has 1 aromatic carbocycles. The molecule has 0 radical (unpaired) electrons. The molecule has 3 rings (SSSR count). The molecule has 3 heteroatoms. The zero-order chi connectivity index (χ0) is 10.3. The van der Waals surface area contributed by atoms with E-state index in [1.165, 1.54) is 28.6 Å². The summed E-state index contributed by atoms with van der Waals surface area (Å²) >= 11 is 6.03. The van der Waals surface area contributed by atoms with Gasteiger partial charge in [-0.2, -0.15) is 0 Å². The van der Waals surface area contributed by atoms with E-state index in [0.29, 0.717) is 0 Å². The monoisotopic (exact) mass is 220 g/mol. The number of rotatable bonds is 0. The smallest absolute Gasteiger partial charge is 0.0460 e. The molecule has 0 saturated carbocycles. The summed E-state index contributed by atoms with van der Waals surface area (Å²) in [6, 6.07) is 6.07. The van der Waals surface area contributed by atoms with Gasteiger partial charge in [-0.25, -0.2) is 0 Å². The number of hydrogen-bond acceptors (Lipinski definition) is 1. The van der Waals surface area contributed by atoms with Gasteiger partial charge in [-0.1, -0.05) is 11.6 Å². The average molecular weight is 221 g/mol. The van der Waals surface area contributed by atoms with Gasteiger partial charge < -0.3 is 10.3 Å². The molecule has 0 aliphatic carbocycles. The van der Waals surface area contributed by atoms with Gasteiger partial charge in [0.1, 0.15) is 0 Å². The number of H-pyrrole nitrogens is 1. The first kappa shape index (κ1) is 9.25. The van der Waals surface area contributed by atoms with Gasteiger partial charge >= 0.3 is 0 Å². The van der Waals surface area contributed by atoms with Crippen molar-refractivity contribution < 1.29 is 0 Å². The number of aromatic amines is 1. The minimum atomic E-state index is 0.821. The molecule has 1 aromatic heterocycles. The van der Waals surface area contributed by atoms with Crippen molar-refractivity contribution in [2.24, 2.45) is 0 Å². The molecule has 0 saturated heterocycles. The third-order valence-corrected chi connectivity index (χ3v) is 3.27. The van der Waals surface area contributed by atoms with Crippen LogP contribution in [0, 0.1) is 0 Å². The first-order valence-corrected chi connectivity index (χ1v) is 5.72. The molecule has 78 valence electrons. The standard InChI is InChI=1S/C12H13ClN2/c13-8-3-4-11-10(6-8)9-2-1-5-14-7-12(9)15-11/h3-4,6,14-15H,1-2,5,7H2. The van der Waals surface area contributed by atoms with Crippen molar-refractivity contribution in [3.63, 3.8) is 0 Å². The normalized spacial score (nSPS) is 16.3. The van der Waals surface area contributed by atoms with Gasteiger partial charge in [-0.15, -0.1) is 0 Å². The quantitative estimate of drug-likeness (QED) is 0.702. The molecular formula is C12H13ClN2. The second-order valence-corrected chi connectivity index (χ2v) is 4.49. The SMILES string of the molecule is Clc1ccc2[nH]c3c(c2c1)CCCNC3. The summed E-state index contributed by atoms with van der Waals surface area (Å²) in [5, 5.41) is 5.53. The van der Waals surface area contributed by atoms with Crippen molar-refractivity contribution in [2.45, 2.75) is 19.4 Å². The number of aromatic nitrogens is 1. The molecular weight excluding hydrogens is 208 g/mol. The molecule has 1 aliphatic rings. The van der Waals surface area contributed by atoms with Crippen LogP contribution >= 0.6 is 11.6 Å². The Morgan fingerprint density at radius 1 is 1.27 bits per heavy atom. The minimum Gasteiger partial charge on any atom is -0.357 e. The summed E-state index contributed by atoms with van der Waals surface area (Å²) in [4.78, 5) is 3.46. The molecule has 2 nitrogen and oxygen atoms in total. The Labute approximate surface area is 93.6 Å². The molecule has 0 bridgehead atoms. The Hall–Kier alpha value is -0.990. The zero-order valence-electron chi connectivity index (χ0n) is 8.44. The maximum absolute atomic E-state index is 6.03. The Kier molecular flexibility index (Phi) is 2.19. The Morgan fingerprint density at radius 3 is 3.13 bits per heavy atom. The lowest BCUT2D eigenvalue weighted by Gasteiger charge is -1.97. The Balaban J connectivity index is 2.24. The van der Waals surface area contributed by atoms with Crippen LogP contribution in [-0.2, 0) is 13.0 Å². The van der Waals surface area contributed by atoms with E-state index in [-0.39, 0.29) is 0 Å². The van der Waals surface area contributed by atoms with Crippen molar-refractivity contribution >= 4 is 22.5 Å². The van der Waals surface area contributed by atoms with Crippen molar-refractivity contribution in [1.29, 1.82) is 0 Å². The van der Waals surface area contributed by atoms with Crippen LogP contribution in [0.3, 0.4) is 0 Å². The van der Waals surface area contributed by atoms with Gasteiger partial charge in [0.15, 0.2) is 0 Å². The van der Waals surface area contributed by atoms with E-state index in [1.54, 1.807) is 0 Å². The highest BCUT2D eigenvalue weighted by molar-refractivity contribution is 6.31. The molecule has 2 heterocycles. The van der Waals surface area contributed by atoms with Crippen LogP contribution in [0.5, 0.6) is 0 Å². The van der Waals surface area contributed by atoms with Gasteiger partial charge in [-0.3, -0.25) is 0 Å². The minimum absolute atomic E-state index is 0.821. The molecule has 0 fully saturated rings. The second kappa shape index (κ2) is 3.54. The van der Waals surface area contributed by atoms with Crippen molar-refractivity contribution in [3.8, 4) is 0 Å². The first-order chi connectivity index (χ1) is 7.34. The molecule has 0 atom stereocenters. The highest BCUT2D eigenvalue weighted by Gasteiger charge is 2.13. The number of nitrogens with one attached hydrogen (secondary N) is 2.